The third kappa shape index (κ3) is 2.85. The van der Waals surface area contributed by atoms with E-state index >= 15 is 0 Å². The van der Waals surface area contributed by atoms with Crippen molar-refractivity contribution in [2.24, 2.45) is 0 Å². The van der Waals surface area contributed by atoms with Crippen LogP contribution in [0.15, 0.2) is 12.1 Å². The lowest BCUT2D eigenvalue weighted by Crippen LogP contribution is -2.45. The summed E-state index contributed by atoms with van der Waals surface area (Å²) in [7, 11) is 3.71. The zero-order chi connectivity index (χ0) is 14.0. The van der Waals surface area contributed by atoms with E-state index in [0.717, 1.165) is 38.1 Å². The maximum Gasteiger partial charge on any atom is 0.150 e. The molecular formula is C14H17F2N3. The summed E-state index contributed by atoms with van der Waals surface area (Å²) in [5, 5.41) is 8.70. The number of benzene rings is 1. The molecule has 1 aromatic rings. The van der Waals surface area contributed by atoms with Gasteiger partial charge in [-0.2, -0.15) is 5.26 Å². The van der Waals surface area contributed by atoms with Gasteiger partial charge in [0.05, 0.1) is 11.6 Å². The van der Waals surface area contributed by atoms with Crippen molar-refractivity contribution >= 4 is 5.69 Å². The van der Waals surface area contributed by atoms with Crippen LogP contribution in [-0.4, -0.2) is 38.1 Å². The first-order valence-electron chi connectivity index (χ1n) is 6.33. The van der Waals surface area contributed by atoms with E-state index < -0.39 is 11.6 Å². The first-order chi connectivity index (χ1) is 9.02. The predicted octanol–water partition coefficient (Wildman–Crippen LogP) is 2.37. The van der Waals surface area contributed by atoms with Gasteiger partial charge in [0.25, 0.3) is 0 Å². The van der Waals surface area contributed by atoms with Crippen molar-refractivity contribution in [3.8, 4) is 6.07 Å². The van der Waals surface area contributed by atoms with E-state index in [1.807, 2.05) is 7.05 Å². The molecule has 0 aromatic heterocycles. The monoisotopic (exact) mass is 265 g/mol. The molecule has 1 fully saturated rings. The highest BCUT2D eigenvalue weighted by atomic mass is 19.1. The van der Waals surface area contributed by atoms with Crippen molar-refractivity contribution in [1.82, 2.24) is 4.90 Å². The van der Waals surface area contributed by atoms with E-state index in [2.05, 4.69) is 4.90 Å². The average molecular weight is 265 g/mol. The molecule has 1 aromatic carbocycles. The highest BCUT2D eigenvalue weighted by Gasteiger charge is 2.25. The third-order valence-electron chi connectivity index (χ3n) is 3.65. The summed E-state index contributed by atoms with van der Waals surface area (Å²) in [5.74, 6) is -1.35. The van der Waals surface area contributed by atoms with Crippen LogP contribution in [-0.2, 0) is 0 Å². The minimum atomic E-state index is -0.674. The summed E-state index contributed by atoms with van der Waals surface area (Å²) in [6.07, 6.45) is 1.94. The number of nitrogens with zero attached hydrogens (tertiary/aromatic N) is 3. The van der Waals surface area contributed by atoms with E-state index in [4.69, 9.17) is 5.26 Å². The summed E-state index contributed by atoms with van der Waals surface area (Å²) >= 11 is 0. The predicted molar refractivity (Wildman–Crippen MR) is 70.0 cm³/mol. The SMILES string of the molecule is CN1CCCC(N(C)c2c(F)cc(C#N)cc2F)C1. The normalized spacial score (nSPS) is 20.1. The molecule has 0 aliphatic carbocycles. The molecule has 1 unspecified atom stereocenters. The molecule has 0 amide bonds. The van der Waals surface area contributed by atoms with Crippen LogP contribution < -0.4 is 4.90 Å². The van der Waals surface area contributed by atoms with Gasteiger partial charge in [-0.15, -0.1) is 0 Å². The Bertz CT molecular complexity index is 487. The number of nitriles is 1. The van der Waals surface area contributed by atoms with Crippen LogP contribution in [0.2, 0.25) is 0 Å². The van der Waals surface area contributed by atoms with Gasteiger partial charge in [-0.1, -0.05) is 0 Å². The second-order valence-corrected chi connectivity index (χ2v) is 5.07. The van der Waals surface area contributed by atoms with Crippen LogP contribution in [0.4, 0.5) is 14.5 Å². The molecule has 1 heterocycles. The summed E-state index contributed by atoms with van der Waals surface area (Å²) in [6.45, 7) is 1.80. The molecule has 19 heavy (non-hydrogen) atoms. The van der Waals surface area contributed by atoms with Gasteiger partial charge >= 0.3 is 0 Å². The first-order valence-corrected chi connectivity index (χ1v) is 6.33. The van der Waals surface area contributed by atoms with Gasteiger partial charge in [0, 0.05) is 19.6 Å². The van der Waals surface area contributed by atoms with E-state index in [1.165, 1.54) is 0 Å². The van der Waals surface area contributed by atoms with E-state index in [-0.39, 0.29) is 17.3 Å². The zero-order valence-corrected chi connectivity index (χ0v) is 11.2. The van der Waals surface area contributed by atoms with Crippen LogP contribution in [0.1, 0.15) is 18.4 Å². The number of hydrogen-bond donors (Lipinski definition) is 0. The van der Waals surface area contributed by atoms with Gasteiger partial charge in [-0.25, -0.2) is 8.78 Å². The Labute approximate surface area is 112 Å². The summed E-state index contributed by atoms with van der Waals surface area (Å²) < 4.78 is 27.9. The lowest BCUT2D eigenvalue weighted by atomic mass is 10.0. The Morgan fingerprint density at radius 3 is 2.53 bits per heavy atom. The van der Waals surface area contributed by atoms with Crippen molar-refractivity contribution in [3.05, 3.63) is 29.3 Å². The second kappa shape index (κ2) is 5.54. The molecule has 5 heteroatoms. The van der Waals surface area contributed by atoms with Gasteiger partial charge in [-0.3, -0.25) is 0 Å². The molecule has 1 aliphatic heterocycles. The number of halogens is 2. The number of hydrogen-bond acceptors (Lipinski definition) is 3. The van der Waals surface area contributed by atoms with E-state index in [0.29, 0.717) is 0 Å². The maximum absolute atomic E-state index is 14.0. The Morgan fingerprint density at radius 1 is 1.37 bits per heavy atom. The first kappa shape index (κ1) is 13.8. The lowest BCUT2D eigenvalue weighted by molar-refractivity contribution is 0.247. The number of likely N-dealkylation sites (tertiary alicyclic amines) is 1. The van der Waals surface area contributed by atoms with E-state index in [1.54, 1.807) is 18.0 Å². The lowest BCUT2D eigenvalue weighted by Gasteiger charge is -2.37. The summed E-state index contributed by atoms with van der Waals surface area (Å²) in [6, 6.07) is 4.02. The number of anilines is 1. The number of rotatable bonds is 2. The Kier molecular flexibility index (Phi) is 4.01. The van der Waals surface area contributed by atoms with Crippen LogP contribution in [0.5, 0.6) is 0 Å². The smallest absolute Gasteiger partial charge is 0.150 e. The molecule has 0 saturated carbocycles. The Hall–Kier alpha value is -1.67. The van der Waals surface area contributed by atoms with Crippen molar-refractivity contribution in [1.29, 1.82) is 5.26 Å². The molecule has 0 bridgehead atoms. The largest absolute Gasteiger partial charge is 0.366 e. The number of likely N-dealkylation sites (N-methyl/N-ethyl adjacent to an activating group) is 2. The fourth-order valence-corrected chi connectivity index (χ4v) is 2.60. The van der Waals surface area contributed by atoms with Gasteiger partial charge in [0.2, 0.25) is 0 Å². The molecule has 102 valence electrons. The van der Waals surface area contributed by atoms with Gasteiger partial charge in [0.15, 0.2) is 11.6 Å². The van der Waals surface area contributed by atoms with E-state index in [9.17, 15) is 8.78 Å². The average Bonchev–Trinajstić information content (AvgIpc) is 2.37. The zero-order valence-electron chi connectivity index (χ0n) is 11.2. The van der Waals surface area contributed by atoms with Crippen molar-refractivity contribution in [2.45, 2.75) is 18.9 Å². The second-order valence-electron chi connectivity index (χ2n) is 5.07. The molecule has 1 atom stereocenters. The quantitative estimate of drug-likeness (QED) is 0.822. The van der Waals surface area contributed by atoms with Crippen LogP contribution in [0.25, 0.3) is 0 Å². The van der Waals surface area contributed by atoms with Crippen molar-refractivity contribution in [2.75, 3.05) is 32.1 Å². The third-order valence-corrected chi connectivity index (χ3v) is 3.65. The highest BCUT2D eigenvalue weighted by molar-refractivity contribution is 5.53. The Morgan fingerprint density at radius 2 is 2.00 bits per heavy atom. The minimum Gasteiger partial charge on any atom is -0.366 e. The van der Waals surface area contributed by atoms with Gasteiger partial charge in [-0.05, 0) is 38.6 Å². The number of piperidine rings is 1. The fourth-order valence-electron chi connectivity index (χ4n) is 2.60. The highest BCUT2D eigenvalue weighted by Crippen LogP contribution is 2.27. The molecule has 0 radical (unpaired) electrons. The molecule has 0 spiro atoms. The molecule has 3 nitrogen and oxygen atoms in total. The Balaban J connectivity index is 2.28. The molecule has 1 aliphatic rings. The summed E-state index contributed by atoms with van der Waals surface area (Å²) in [5.41, 5.74) is -0.0350. The maximum atomic E-state index is 14.0. The van der Waals surface area contributed by atoms with Crippen LogP contribution >= 0.6 is 0 Å². The molecule has 2 rings (SSSR count). The van der Waals surface area contributed by atoms with Gasteiger partial charge < -0.3 is 9.80 Å². The topological polar surface area (TPSA) is 30.3 Å². The minimum absolute atomic E-state index is 0.00733. The molecule has 1 saturated heterocycles. The molecule has 0 N–H and O–H groups in total. The van der Waals surface area contributed by atoms with Crippen LogP contribution in [0, 0.1) is 23.0 Å². The van der Waals surface area contributed by atoms with Crippen molar-refractivity contribution < 1.29 is 8.78 Å². The van der Waals surface area contributed by atoms with Gasteiger partial charge in [0.1, 0.15) is 5.69 Å². The van der Waals surface area contributed by atoms with Crippen molar-refractivity contribution in [3.63, 3.8) is 0 Å². The van der Waals surface area contributed by atoms with Crippen LogP contribution in [0.3, 0.4) is 0 Å². The molecular weight excluding hydrogens is 248 g/mol. The standard InChI is InChI=1S/C14H17F2N3/c1-18-5-3-4-11(9-18)19(2)14-12(15)6-10(8-17)7-13(14)16/h6-7,11H,3-5,9H2,1-2H3. The summed E-state index contributed by atoms with van der Waals surface area (Å²) in [4.78, 5) is 3.81. The fraction of sp³-hybridized carbons (Fsp3) is 0.500.